The first-order valence-corrected chi connectivity index (χ1v) is 11.8. The molecule has 0 N–H and O–H groups in total. The van der Waals surface area contributed by atoms with Gasteiger partial charge in [-0.15, -0.1) is 0 Å². The molecule has 0 radical (unpaired) electrons. The molecule has 0 aromatic carbocycles. The summed E-state index contributed by atoms with van der Waals surface area (Å²) in [5.41, 5.74) is -18.9. The van der Waals surface area contributed by atoms with Crippen LogP contribution in [-0.2, 0) is 4.57 Å². The molecule has 0 aliphatic carbocycles. The second-order valence-corrected chi connectivity index (χ2v) is 11.0. The Kier molecular flexibility index (Phi) is 11.3. The molecule has 0 spiro atoms. The Hall–Kier alpha value is -2.28. The Balaban J connectivity index is 7.58. The molecule has 0 aliphatic rings. The molecule has 0 fully saturated rings. The van der Waals surface area contributed by atoms with Gasteiger partial charge in [-0.25, -0.2) is 0 Å². The smallest absolute Gasteiger partial charge is 0.192 e. The maximum absolute atomic E-state index is 13.8. The summed E-state index contributed by atoms with van der Waals surface area (Å²) >= 11 is 0. The normalized spacial score (nSPS) is 17.1. The van der Waals surface area contributed by atoms with Crippen LogP contribution >= 0.6 is 7.80 Å². The number of rotatable bonds is 14. The van der Waals surface area contributed by atoms with Crippen LogP contribution in [0.25, 0.3) is 0 Å². The largest absolute Gasteiger partial charge is 0.520 e. The first kappa shape index (κ1) is 49.7. The van der Waals surface area contributed by atoms with Gasteiger partial charge in [0, 0.05) is 0 Å². The number of hydrogen-bond donors (Lipinski definition) is 0. The summed E-state index contributed by atoms with van der Waals surface area (Å²) in [6.45, 7) is 0. The highest BCUT2D eigenvalue weighted by Gasteiger charge is 3.02. The molecule has 0 saturated carbocycles. The fraction of sp³-hybridized carbons (Fsp3) is 1.00. The maximum Gasteiger partial charge on any atom is 0.520 e. The second kappa shape index (κ2) is 11.9. The first-order valence-electron chi connectivity index (χ1n) is 10.6. The summed E-state index contributed by atoms with van der Waals surface area (Å²) in [6.07, 6.45) is -16.7. The van der Waals surface area contributed by atoms with Crippen LogP contribution in [0.15, 0.2) is 0 Å². The molecule has 0 unspecified atom stereocenters. The third-order valence-corrected chi connectivity index (χ3v) is 7.50. The van der Waals surface area contributed by atoms with Crippen LogP contribution in [0.3, 0.4) is 0 Å². The molecule has 0 bridgehead atoms. The third-order valence-electron chi connectivity index (χ3n) is 5.92. The predicted molar refractivity (Wildman–Crippen MR) is 89.0 cm³/mol. The summed E-state index contributed by atoms with van der Waals surface area (Å²) in [7, 11) is -9.04. The lowest BCUT2D eigenvalue weighted by Crippen LogP contribution is -2.75. The summed E-state index contributed by atoms with van der Waals surface area (Å²) in [6, 6.07) is 0. The Morgan fingerprint density at radius 3 is 0.442 bits per heavy atom. The molecule has 0 aliphatic heterocycles. The number of halogens is 34. The van der Waals surface area contributed by atoms with Crippen molar-refractivity contribution in [1.29, 1.82) is 0 Å². The molecule has 312 valence electrons. The first-order chi connectivity index (χ1) is 21.7. The van der Waals surface area contributed by atoms with Gasteiger partial charge in [-0.3, -0.25) is 0 Å². The van der Waals surface area contributed by atoms with Crippen molar-refractivity contribution >= 4 is 7.80 Å². The van der Waals surface area contributed by atoms with Crippen molar-refractivity contribution in [2.75, 3.05) is 0 Å². The van der Waals surface area contributed by atoms with Gasteiger partial charge in [0.05, 0.1) is 0 Å². The van der Waals surface area contributed by atoms with E-state index < -0.39 is 103 Å². The zero-order valence-corrected chi connectivity index (χ0v) is 22.6. The molecule has 0 aromatic heterocycles. The van der Waals surface area contributed by atoms with E-state index in [4.69, 9.17) is 0 Å². The van der Waals surface area contributed by atoms with E-state index in [1.807, 2.05) is 0 Å². The summed E-state index contributed by atoms with van der Waals surface area (Å²) in [4.78, 5) is 0. The fourth-order valence-corrected chi connectivity index (χ4v) is 3.89. The van der Waals surface area contributed by atoms with E-state index in [9.17, 15) is 154 Å². The Morgan fingerprint density at radius 2 is 0.308 bits per heavy atom. The molecule has 52 heavy (non-hydrogen) atoms. The van der Waals surface area contributed by atoms with Crippen LogP contribution < -0.4 is 0 Å². The minimum absolute atomic E-state index is 8.36. The van der Waals surface area contributed by atoms with Crippen LogP contribution in [0.1, 0.15) is 0 Å². The molecule has 0 atom stereocenters. The predicted octanol–water partition coefficient (Wildman–Crippen LogP) is 11.7. The highest BCUT2D eigenvalue weighted by molar-refractivity contribution is 7.47. The lowest BCUT2D eigenvalue weighted by Gasteiger charge is -2.42. The van der Waals surface area contributed by atoms with Crippen molar-refractivity contribution < 1.29 is 154 Å². The van der Waals surface area contributed by atoms with E-state index in [1.165, 1.54) is 0 Å². The number of alkyl halides is 34. The Morgan fingerprint density at radius 1 is 0.192 bits per heavy atom. The third kappa shape index (κ3) is 5.65. The monoisotopic (exact) mass is 885 g/mol. The summed E-state index contributed by atoms with van der Waals surface area (Å²) < 4.78 is 459. The lowest BCUT2D eigenvalue weighted by atomic mass is 9.91. The minimum atomic E-state index is -9.85. The molecule has 0 amide bonds. The average molecular weight is 885 g/mol. The van der Waals surface area contributed by atoms with Gasteiger partial charge in [-0.2, -0.15) is 149 Å². The summed E-state index contributed by atoms with van der Waals surface area (Å²) in [5.74, 6) is -114. The second-order valence-electron chi connectivity index (χ2n) is 9.27. The van der Waals surface area contributed by atoms with Crippen molar-refractivity contribution in [3.05, 3.63) is 0 Å². The van der Waals surface area contributed by atoms with Gasteiger partial charge >= 0.3 is 103 Å². The zero-order chi connectivity index (χ0) is 43.6. The molecule has 0 aromatic rings. The van der Waals surface area contributed by atoms with Crippen LogP contribution in [0.5, 0.6) is 0 Å². The standard InChI is InChI=1S/C16F34OP/c17-1(18,5(25,26)9(33,34)13(41,42)43)3(21,22)7(29,30)11(37,38)15(47,48)52(51)16(49,50)12(39,40)8(31,32)4(23,24)2(19,20)6(27,28)10(35,36)14(44,45)46/q+1. The highest BCUT2D eigenvalue weighted by atomic mass is 31.1. The van der Waals surface area contributed by atoms with Gasteiger partial charge in [0.25, 0.3) is 0 Å². The van der Waals surface area contributed by atoms with E-state index in [0.717, 1.165) is 0 Å². The average Bonchev–Trinajstić information content (AvgIpc) is 2.89. The highest BCUT2D eigenvalue weighted by Crippen LogP contribution is 2.73. The minimum Gasteiger partial charge on any atom is -0.192 e. The van der Waals surface area contributed by atoms with E-state index in [1.54, 1.807) is 0 Å². The van der Waals surface area contributed by atoms with Crippen LogP contribution in [0.4, 0.5) is 149 Å². The zero-order valence-electron chi connectivity index (χ0n) is 21.7. The van der Waals surface area contributed by atoms with Crippen molar-refractivity contribution in [1.82, 2.24) is 0 Å². The molecular weight excluding hydrogens is 885 g/mol. The van der Waals surface area contributed by atoms with Gasteiger partial charge in [0.15, 0.2) is 0 Å². The summed E-state index contributed by atoms with van der Waals surface area (Å²) in [5, 5.41) is 0. The van der Waals surface area contributed by atoms with Crippen molar-refractivity contribution in [2.24, 2.45) is 0 Å². The lowest BCUT2D eigenvalue weighted by molar-refractivity contribution is -0.460. The molecule has 0 rings (SSSR count). The van der Waals surface area contributed by atoms with E-state index in [-0.39, 0.29) is 0 Å². The van der Waals surface area contributed by atoms with Crippen LogP contribution in [0, 0.1) is 0 Å². The quantitative estimate of drug-likeness (QED) is 0.125. The van der Waals surface area contributed by atoms with Crippen molar-refractivity contribution in [3.8, 4) is 0 Å². The maximum atomic E-state index is 13.8. The van der Waals surface area contributed by atoms with Crippen molar-refractivity contribution in [2.45, 2.75) is 94.8 Å². The van der Waals surface area contributed by atoms with Gasteiger partial charge < -0.3 is 0 Å². The van der Waals surface area contributed by atoms with E-state index >= 15 is 0 Å². The van der Waals surface area contributed by atoms with Gasteiger partial charge in [0.2, 0.25) is 0 Å². The molecule has 0 heterocycles. The van der Waals surface area contributed by atoms with E-state index in [0.29, 0.717) is 0 Å². The molecule has 1 nitrogen and oxygen atoms in total. The fourth-order valence-electron chi connectivity index (χ4n) is 2.74. The SMILES string of the molecule is O=[P+](C(F)(F)C(F)(F)C(F)(F)C(F)(F)C(F)(F)C(F)(F)C(F)(F)C(F)(F)F)C(F)(F)C(F)(F)C(F)(F)C(F)(F)C(F)(F)C(F)(F)C(F)(F)C(F)(F)F. The Bertz CT molecular complexity index is 1240. The number of hydrogen-bond acceptors (Lipinski definition) is 1. The van der Waals surface area contributed by atoms with Crippen LogP contribution in [-0.4, -0.2) is 94.8 Å². The topological polar surface area (TPSA) is 17.1 Å². The Labute approximate surface area is 258 Å². The molecule has 36 heteroatoms. The molecular formula is C16F34OP+. The van der Waals surface area contributed by atoms with E-state index in [2.05, 4.69) is 0 Å². The van der Waals surface area contributed by atoms with Gasteiger partial charge in [-0.05, 0) is 0 Å². The van der Waals surface area contributed by atoms with Gasteiger partial charge in [-0.1, -0.05) is 4.57 Å². The van der Waals surface area contributed by atoms with Crippen molar-refractivity contribution in [3.63, 3.8) is 0 Å². The van der Waals surface area contributed by atoms with Gasteiger partial charge in [0.1, 0.15) is 0 Å². The van der Waals surface area contributed by atoms with Crippen LogP contribution in [0.2, 0.25) is 0 Å². The molecule has 0 saturated heterocycles.